The van der Waals surface area contributed by atoms with E-state index in [1.807, 2.05) is 4.90 Å². The topological polar surface area (TPSA) is 96.6 Å². The fourth-order valence-corrected chi connectivity index (χ4v) is 4.91. The maximum absolute atomic E-state index is 12.4. The lowest BCUT2D eigenvalue weighted by molar-refractivity contribution is -0.115. The number of rotatable bonds is 8. The molecule has 1 saturated carbocycles. The van der Waals surface area contributed by atoms with E-state index in [2.05, 4.69) is 45.3 Å². The highest BCUT2D eigenvalue weighted by atomic mass is 16.5. The molecule has 1 fully saturated rings. The van der Waals surface area contributed by atoms with Gasteiger partial charge in [0.25, 0.3) is 0 Å². The highest BCUT2D eigenvalue weighted by molar-refractivity contribution is 6.03. The van der Waals surface area contributed by atoms with E-state index in [0.29, 0.717) is 24.7 Å². The summed E-state index contributed by atoms with van der Waals surface area (Å²) < 4.78 is 5.70. The van der Waals surface area contributed by atoms with Gasteiger partial charge < -0.3 is 20.7 Å². The van der Waals surface area contributed by atoms with Crippen LogP contribution in [0.4, 0.5) is 17.3 Å². The van der Waals surface area contributed by atoms with Crippen LogP contribution >= 0.6 is 0 Å². The number of nitrogens with two attached hydrogens (primary N) is 1. The maximum atomic E-state index is 12.4. The van der Waals surface area contributed by atoms with Crippen LogP contribution < -0.4 is 20.7 Å². The molecule has 1 aromatic heterocycles. The van der Waals surface area contributed by atoms with Crippen LogP contribution in [0.3, 0.4) is 0 Å². The molecule has 0 radical (unpaired) electrons. The predicted molar refractivity (Wildman–Crippen MR) is 129 cm³/mol. The van der Waals surface area contributed by atoms with Crippen molar-refractivity contribution >= 4 is 23.2 Å². The molecule has 8 nitrogen and oxygen atoms in total. The summed E-state index contributed by atoms with van der Waals surface area (Å²) >= 11 is 0. The van der Waals surface area contributed by atoms with Gasteiger partial charge in [-0.05, 0) is 48.3 Å². The molecule has 1 aromatic carbocycles. The van der Waals surface area contributed by atoms with Crippen molar-refractivity contribution in [1.29, 1.82) is 0 Å². The first-order valence-electron chi connectivity index (χ1n) is 12.3. The maximum Gasteiger partial charge on any atom is 0.320 e. The molecule has 8 heteroatoms. The third kappa shape index (κ3) is 4.90. The Hall–Kier alpha value is -2.87. The van der Waals surface area contributed by atoms with Crippen LogP contribution in [0.25, 0.3) is 0 Å². The summed E-state index contributed by atoms with van der Waals surface area (Å²) in [5, 5.41) is 2.83. The van der Waals surface area contributed by atoms with Crippen molar-refractivity contribution in [3.05, 3.63) is 34.9 Å². The predicted octanol–water partition coefficient (Wildman–Crippen LogP) is 3.35. The molecule has 3 heterocycles. The number of aromatic nitrogens is 2. The lowest BCUT2D eigenvalue weighted by atomic mass is 9.84. The number of benzene rings is 1. The molecule has 1 aliphatic carbocycles. The zero-order chi connectivity index (χ0) is 22.8. The van der Waals surface area contributed by atoms with E-state index in [-0.39, 0.29) is 24.3 Å². The van der Waals surface area contributed by atoms with E-state index < -0.39 is 0 Å². The number of carbonyl (C=O) groups excluding carboxylic acids is 1. The fourth-order valence-electron chi connectivity index (χ4n) is 4.91. The molecule has 3 N–H and O–H groups in total. The number of nitrogens with zero attached hydrogens (tertiary/aromatic N) is 4. The van der Waals surface area contributed by atoms with Gasteiger partial charge in [-0.3, -0.25) is 9.69 Å². The van der Waals surface area contributed by atoms with E-state index in [1.54, 1.807) is 0 Å². The third-order valence-electron chi connectivity index (χ3n) is 7.00. The lowest BCUT2D eigenvalue weighted by Gasteiger charge is -2.35. The van der Waals surface area contributed by atoms with Gasteiger partial charge in [0.1, 0.15) is 5.69 Å². The lowest BCUT2D eigenvalue weighted by Crippen LogP contribution is -2.39. The summed E-state index contributed by atoms with van der Waals surface area (Å²) in [4.78, 5) is 25.8. The number of nitrogen functional groups attached to an aromatic ring is 1. The van der Waals surface area contributed by atoms with E-state index in [9.17, 15) is 4.79 Å². The first-order valence-corrected chi connectivity index (χ1v) is 12.3. The standard InChI is InChI=1S/C25H34N6O2/c1-2-3-11-33-25-28-23(26)22-24(29-25)31(16-21(32)27-22)14-18-7-8-19-9-10-30(15-20(19)12-18)13-17-5-4-6-17/h7-8,12,17H,2-6,9-11,13-16H2,1H3,(H,27,32)(H2,26,28,29). The van der Waals surface area contributed by atoms with Gasteiger partial charge in [0.15, 0.2) is 11.6 Å². The Kier molecular flexibility index (Phi) is 6.35. The van der Waals surface area contributed by atoms with Crippen molar-refractivity contribution < 1.29 is 9.53 Å². The molecular weight excluding hydrogens is 416 g/mol. The minimum atomic E-state index is -0.109. The Labute approximate surface area is 195 Å². The molecule has 2 aliphatic heterocycles. The minimum Gasteiger partial charge on any atom is -0.463 e. The summed E-state index contributed by atoms with van der Waals surface area (Å²) in [6.45, 7) is 6.85. The second kappa shape index (κ2) is 9.55. The van der Waals surface area contributed by atoms with Crippen LogP contribution in [0, 0.1) is 5.92 Å². The number of hydrogen-bond acceptors (Lipinski definition) is 7. The molecule has 0 spiro atoms. The molecule has 2 aromatic rings. The zero-order valence-electron chi connectivity index (χ0n) is 19.5. The van der Waals surface area contributed by atoms with Gasteiger partial charge in [-0.2, -0.15) is 9.97 Å². The van der Waals surface area contributed by atoms with Crippen LogP contribution in [-0.4, -0.2) is 47.0 Å². The molecule has 5 rings (SSSR count). The SMILES string of the molecule is CCCCOc1nc(N)c2c(n1)N(Cc1ccc3c(c1)CN(CC1CCC1)CC3)CC(=O)N2. The van der Waals surface area contributed by atoms with Crippen molar-refractivity contribution in [3.63, 3.8) is 0 Å². The second-order valence-electron chi connectivity index (χ2n) is 9.58. The molecule has 1 amide bonds. The average molecular weight is 451 g/mol. The summed E-state index contributed by atoms with van der Waals surface area (Å²) in [6, 6.07) is 7.00. The number of anilines is 3. The summed E-state index contributed by atoms with van der Waals surface area (Å²) in [6.07, 6.45) is 7.22. The Morgan fingerprint density at radius 1 is 1.21 bits per heavy atom. The fraction of sp³-hybridized carbons (Fsp3) is 0.560. The monoisotopic (exact) mass is 450 g/mol. The molecule has 176 valence electrons. The van der Waals surface area contributed by atoms with E-state index in [1.165, 1.54) is 42.5 Å². The third-order valence-corrected chi connectivity index (χ3v) is 7.00. The van der Waals surface area contributed by atoms with E-state index in [4.69, 9.17) is 10.5 Å². The van der Waals surface area contributed by atoms with Crippen molar-refractivity contribution in [1.82, 2.24) is 14.9 Å². The van der Waals surface area contributed by atoms with E-state index >= 15 is 0 Å². The molecule has 0 bridgehead atoms. The molecule has 3 aliphatic rings. The average Bonchev–Trinajstić information content (AvgIpc) is 2.77. The highest BCUT2D eigenvalue weighted by Crippen LogP contribution is 2.35. The second-order valence-corrected chi connectivity index (χ2v) is 9.58. The van der Waals surface area contributed by atoms with Gasteiger partial charge in [0.05, 0.1) is 13.2 Å². The Morgan fingerprint density at radius 3 is 2.88 bits per heavy atom. The normalized spacial score (nSPS) is 18.3. The van der Waals surface area contributed by atoms with Crippen molar-refractivity contribution in [3.8, 4) is 6.01 Å². The van der Waals surface area contributed by atoms with Gasteiger partial charge in [-0.15, -0.1) is 0 Å². The number of amides is 1. The van der Waals surface area contributed by atoms with Crippen LogP contribution in [-0.2, 0) is 24.3 Å². The molecule has 0 saturated heterocycles. The van der Waals surface area contributed by atoms with Gasteiger partial charge in [0.2, 0.25) is 5.91 Å². The molecule has 0 unspecified atom stereocenters. The van der Waals surface area contributed by atoms with Crippen LogP contribution in [0.15, 0.2) is 18.2 Å². The first kappa shape index (κ1) is 21.9. The largest absolute Gasteiger partial charge is 0.463 e. The van der Waals surface area contributed by atoms with Gasteiger partial charge in [0, 0.05) is 26.2 Å². The first-order chi connectivity index (χ1) is 16.1. The van der Waals surface area contributed by atoms with Crippen molar-refractivity contribution in [2.75, 3.05) is 42.2 Å². The smallest absolute Gasteiger partial charge is 0.320 e. The summed E-state index contributed by atoms with van der Waals surface area (Å²) in [5.74, 6) is 1.64. The van der Waals surface area contributed by atoms with Crippen LogP contribution in [0.5, 0.6) is 6.01 Å². The highest BCUT2D eigenvalue weighted by Gasteiger charge is 2.28. The van der Waals surface area contributed by atoms with E-state index in [0.717, 1.165) is 38.3 Å². The Bertz CT molecular complexity index is 1020. The van der Waals surface area contributed by atoms with Gasteiger partial charge in [-0.25, -0.2) is 0 Å². The number of fused-ring (bicyclic) bond motifs is 2. The number of hydrogen-bond donors (Lipinski definition) is 2. The van der Waals surface area contributed by atoms with Crippen LogP contribution in [0.1, 0.15) is 55.7 Å². The zero-order valence-corrected chi connectivity index (χ0v) is 19.5. The molecule has 0 atom stereocenters. The van der Waals surface area contributed by atoms with Crippen LogP contribution in [0.2, 0.25) is 0 Å². The van der Waals surface area contributed by atoms with Crippen molar-refractivity contribution in [2.45, 2.75) is 58.5 Å². The Balaban J connectivity index is 1.34. The Morgan fingerprint density at radius 2 is 2.09 bits per heavy atom. The van der Waals surface area contributed by atoms with Gasteiger partial charge in [-0.1, -0.05) is 38.0 Å². The summed E-state index contributed by atoms with van der Waals surface area (Å²) in [5.41, 5.74) is 10.6. The number of unbranched alkanes of at least 4 members (excludes halogenated alkanes) is 1. The number of ether oxygens (including phenoxy) is 1. The van der Waals surface area contributed by atoms with Crippen molar-refractivity contribution in [2.24, 2.45) is 5.92 Å². The molecule has 33 heavy (non-hydrogen) atoms. The number of nitrogens with one attached hydrogen (secondary N) is 1. The van der Waals surface area contributed by atoms with Gasteiger partial charge >= 0.3 is 6.01 Å². The minimum absolute atomic E-state index is 0.109. The quantitative estimate of drug-likeness (QED) is 0.595. The number of carbonyl (C=O) groups is 1. The summed E-state index contributed by atoms with van der Waals surface area (Å²) in [7, 11) is 0. The molecular formula is C25H34N6O2.